The van der Waals surface area contributed by atoms with E-state index in [1.165, 1.54) is 25.0 Å². The molecule has 3 N–H and O–H groups in total. The van der Waals surface area contributed by atoms with Crippen molar-refractivity contribution < 1.29 is 19.1 Å². The van der Waals surface area contributed by atoms with Crippen molar-refractivity contribution in [2.45, 2.75) is 38.6 Å². The minimum atomic E-state index is -1.41. The van der Waals surface area contributed by atoms with Crippen LogP contribution >= 0.6 is 0 Å². The molecule has 0 spiro atoms. The normalized spacial score (nSPS) is 15.3. The molecule has 0 saturated heterocycles. The number of hydrogen-bond acceptors (Lipinski definition) is 2. The summed E-state index contributed by atoms with van der Waals surface area (Å²) in [6.07, 6.45) is 4.14. The minimum absolute atomic E-state index is 0.0405. The number of amides is 2. The summed E-state index contributed by atoms with van der Waals surface area (Å²) in [6.45, 7) is 1.98. The van der Waals surface area contributed by atoms with Gasteiger partial charge in [0.15, 0.2) is 0 Å². The summed E-state index contributed by atoms with van der Waals surface area (Å²) in [5.41, 5.74) is -0.566. The number of carboxylic acid groups (broad SMARTS) is 1. The van der Waals surface area contributed by atoms with Crippen LogP contribution in [-0.2, 0) is 0 Å². The van der Waals surface area contributed by atoms with Crippen LogP contribution in [0.5, 0.6) is 0 Å². The molecular weight excluding hydrogens is 275 g/mol. The molecule has 1 aromatic rings. The van der Waals surface area contributed by atoms with Crippen molar-refractivity contribution in [2.75, 3.05) is 5.32 Å². The quantitative estimate of drug-likeness (QED) is 0.753. The lowest BCUT2D eigenvalue weighted by Gasteiger charge is -2.17. The molecule has 1 saturated carbocycles. The van der Waals surface area contributed by atoms with E-state index in [2.05, 4.69) is 10.6 Å². The first kappa shape index (κ1) is 15.3. The summed E-state index contributed by atoms with van der Waals surface area (Å²) in [7, 11) is 0. The molecule has 1 fully saturated rings. The Hall–Kier alpha value is -2.11. The van der Waals surface area contributed by atoms with Crippen molar-refractivity contribution >= 4 is 17.7 Å². The highest BCUT2D eigenvalue weighted by atomic mass is 19.1. The Morgan fingerprint density at radius 1 is 1.43 bits per heavy atom. The van der Waals surface area contributed by atoms with Crippen LogP contribution in [-0.4, -0.2) is 23.1 Å². The van der Waals surface area contributed by atoms with Gasteiger partial charge in [-0.3, -0.25) is 0 Å². The Morgan fingerprint density at radius 3 is 2.71 bits per heavy atom. The van der Waals surface area contributed by atoms with Gasteiger partial charge in [0.1, 0.15) is 11.4 Å². The summed E-state index contributed by atoms with van der Waals surface area (Å²) < 4.78 is 13.5. The average molecular weight is 294 g/mol. The van der Waals surface area contributed by atoms with Gasteiger partial charge in [-0.15, -0.1) is 0 Å². The second kappa shape index (κ2) is 6.56. The first-order chi connectivity index (χ1) is 10.0. The molecule has 6 heteroatoms. The number of carbonyl (C=O) groups is 2. The summed E-state index contributed by atoms with van der Waals surface area (Å²) in [6, 6.07) is 3.33. The van der Waals surface area contributed by atoms with Crippen LogP contribution in [0, 0.1) is 11.7 Å². The topological polar surface area (TPSA) is 78.4 Å². The summed E-state index contributed by atoms with van der Waals surface area (Å²) in [4.78, 5) is 23.0. The van der Waals surface area contributed by atoms with Crippen LogP contribution in [0.1, 0.15) is 43.0 Å². The molecule has 1 atom stereocenters. The van der Waals surface area contributed by atoms with E-state index < -0.39 is 23.4 Å². The number of carboxylic acids is 1. The number of urea groups is 1. The maximum atomic E-state index is 13.5. The Balaban J connectivity index is 2.01. The number of benzene rings is 1. The molecule has 2 rings (SSSR count). The van der Waals surface area contributed by atoms with Crippen molar-refractivity contribution in [3.8, 4) is 0 Å². The van der Waals surface area contributed by atoms with Crippen LogP contribution in [0.4, 0.5) is 14.9 Å². The zero-order chi connectivity index (χ0) is 15.4. The number of rotatable bonds is 6. The number of aromatic carboxylic acids is 1. The molecule has 5 nitrogen and oxygen atoms in total. The van der Waals surface area contributed by atoms with Crippen molar-refractivity contribution in [3.05, 3.63) is 29.6 Å². The van der Waals surface area contributed by atoms with Crippen LogP contribution in [0.25, 0.3) is 0 Å². The van der Waals surface area contributed by atoms with Crippen LogP contribution in [0.3, 0.4) is 0 Å². The molecule has 114 valence electrons. The Bertz CT molecular complexity index is 544. The highest BCUT2D eigenvalue weighted by Gasteiger charge is 2.26. The number of nitrogens with one attached hydrogen (secondary N) is 2. The Kier molecular flexibility index (Phi) is 4.77. The Morgan fingerprint density at radius 2 is 2.14 bits per heavy atom. The fraction of sp³-hybridized carbons (Fsp3) is 0.467. The second-order valence-corrected chi connectivity index (χ2v) is 5.35. The molecular formula is C15H19FN2O3. The molecule has 1 aromatic carbocycles. The maximum Gasteiger partial charge on any atom is 0.340 e. The van der Waals surface area contributed by atoms with E-state index in [1.54, 1.807) is 0 Å². The van der Waals surface area contributed by atoms with E-state index in [9.17, 15) is 14.0 Å². The summed E-state index contributed by atoms with van der Waals surface area (Å²) in [5.74, 6) is -1.60. The highest BCUT2D eigenvalue weighted by Crippen LogP contribution is 2.34. The minimum Gasteiger partial charge on any atom is -0.478 e. The van der Waals surface area contributed by atoms with Crippen molar-refractivity contribution in [1.29, 1.82) is 0 Å². The third-order valence-electron chi connectivity index (χ3n) is 3.62. The molecule has 1 unspecified atom stereocenters. The fourth-order valence-electron chi connectivity index (χ4n) is 2.27. The predicted octanol–water partition coefficient (Wildman–Crippen LogP) is 3.22. The molecule has 1 aliphatic rings. The van der Waals surface area contributed by atoms with Crippen molar-refractivity contribution in [1.82, 2.24) is 5.32 Å². The zero-order valence-electron chi connectivity index (χ0n) is 11.9. The van der Waals surface area contributed by atoms with Gasteiger partial charge in [-0.05, 0) is 30.9 Å². The number of halogens is 1. The second-order valence-electron chi connectivity index (χ2n) is 5.35. The largest absolute Gasteiger partial charge is 0.478 e. The number of hydrogen-bond donors (Lipinski definition) is 3. The monoisotopic (exact) mass is 294 g/mol. The third kappa shape index (κ3) is 4.18. The van der Waals surface area contributed by atoms with E-state index >= 15 is 0 Å². The van der Waals surface area contributed by atoms with Crippen LogP contribution in [0.2, 0.25) is 0 Å². The SMILES string of the molecule is CCC(CC1CC1)NC(=O)Nc1cccc(F)c1C(=O)O. The van der Waals surface area contributed by atoms with E-state index in [-0.39, 0.29) is 11.7 Å². The van der Waals surface area contributed by atoms with E-state index in [1.807, 2.05) is 6.92 Å². The van der Waals surface area contributed by atoms with Crippen molar-refractivity contribution in [2.24, 2.45) is 5.92 Å². The molecule has 2 amide bonds. The van der Waals surface area contributed by atoms with Gasteiger partial charge in [0.2, 0.25) is 0 Å². The van der Waals surface area contributed by atoms with Gasteiger partial charge in [0.25, 0.3) is 0 Å². The van der Waals surface area contributed by atoms with Crippen molar-refractivity contribution in [3.63, 3.8) is 0 Å². The molecule has 0 aromatic heterocycles. The lowest BCUT2D eigenvalue weighted by molar-refractivity contribution is 0.0693. The molecule has 1 aliphatic carbocycles. The predicted molar refractivity (Wildman–Crippen MR) is 76.9 cm³/mol. The summed E-state index contributed by atoms with van der Waals surface area (Å²) in [5, 5.41) is 14.2. The zero-order valence-corrected chi connectivity index (χ0v) is 11.9. The molecule has 0 radical (unpaired) electrons. The lowest BCUT2D eigenvalue weighted by atomic mass is 10.1. The van der Waals surface area contributed by atoms with E-state index in [0.717, 1.165) is 18.9 Å². The highest BCUT2D eigenvalue weighted by molar-refractivity contribution is 6.00. The average Bonchev–Trinajstić information content (AvgIpc) is 3.21. The van der Waals surface area contributed by atoms with Crippen LogP contribution in [0.15, 0.2) is 18.2 Å². The number of carbonyl (C=O) groups excluding carboxylic acids is 1. The molecule has 0 heterocycles. The van der Waals surface area contributed by atoms with Gasteiger partial charge in [0, 0.05) is 6.04 Å². The fourth-order valence-corrected chi connectivity index (χ4v) is 2.27. The molecule has 0 aliphatic heterocycles. The lowest BCUT2D eigenvalue weighted by Crippen LogP contribution is -2.38. The van der Waals surface area contributed by atoms with Crippen LogP contribution < -0.4 is 10.6 Å². The first-order valence-corrected chi connectivity index (χ1v) is 7.10. The van der Waals surface area contributed by atoms with E-state index in [0.29, 0.717) is 5.92 Å². The first-order valence-electron chi connectivity index (χ1n) is 7.10. The summed E-state index contributed by atoms with van der Waals surface area (Å²) >= 11 is 0. The maximum absolute atomic E-state index is 13.5. The standard InChI is InChI=1S/C15H19FN2O3/c1-2-10(8-9-6-7-9)17-15(21)18-12-5-3-4-11(16)13(12)14(19)20/h3-5,9-10H,2,6-8H2,1H3,(H,19,20)(H2,17,18,21). The molecule has 21 heavy (non-hydrogen) atoms. The van der Waals surface area contributed by atoms with Gasteiger partial charge in [-0.1, -0.05) is 25.8 Å². The van der Waals surface area contributed by atoms with E-state index in [4.69, 9.17) is 5.11 Å². The smallest absolute Gasteiger partial charge is 0.340 e. The van der Waals surface area contributed by atoms with Gasteiger partial charge in [0.05, 0.1) is 5.69 Å². The Labute approximate surface area is 122 Å². The van der Waals surface area contributed by atoms with Gasteiger partial charge < -0.3 is 15.7 Å². The molecule has 0 bridgehead atoms. The third-order valence-corrected chi connectivity index (χ3v) is 3.62. The van der Waals surface area contributed by atoms with Gasteiger partial charge in [-0.2, -0.15) is 0 Å². The van der Waals surface area contributed by atoms with Gasteiger partial charge >= 0.3 is 12.0 Å². The van der Waals surface area contributed by atoms with Gasteiger partial charge in [-0.25, -0.2) is 14.0 Å². The number of anilines is 1.